The van der Waals surface area contributed by atoms with Crippen LogP contribution in [0.1, 0.15) is 131 Å². The monoisotopic (exact) mass is 610 g/mol. The molecule has 0 aliphatic heterocycles. The van der Waals surface area contributed by atoms with Gasteiger partial charge in [0.2, 0.25) is 0 Å². The summed E-state index contributed by atoms with van der Waals surface area (Å²) < 4.78 is 0. The minimum atomic E-state index is 0.743. The van der Waals surface area contributed by atoms with Gasteiger partial charge in [-0.2, -0.15) is 0 Å². The molecular weight excluding hydrogens is 561 g/mol. The van der Waals surface area contributed by atoms with Crippen molar-refractivity contribution in [1.29, 1.82) is 0 Å². The molecule has 0 aromatic carbocycles. The fourth-order valence-corrected chi connectivity index (χ4v) is 9.90. The maximum Gasteiger partial charge on any atom is 0.0448 e. The molecule has 0 N–H and O–H groups in total. The maximum absolute atomic E-state index is 2.54. The van der Waals surface area contributed by atoms with Gasteiger partial charge in [-0.3, -0.25) is 0 Å². The summed E-state index contributed by atoms with van der Waals surface area (Å²) in [6.45, 7) is 4.65. The molecule has 4 heterocycles. The van der Waals surface area contributed by atoms with Gasteiger partial charge < -0.3 is 0 Å². The molecule has 1 atom stereocenters. The zero-order valence-electron chi connectivity index (χ0n) is 24.9. The van der Waals surface area contributed by atoms with E-state index in [-0.39, 0.29) is 0 Å². The highest BCUT2D eigenvalue weighted by molar-refractivity contribution is 7.21. The topological polar surface area (TPSA) is 0 Å². The number of rotatable bonds is 21. The maximum atomic E-state index is 2.54. The van der Waals surface area contributed by atoms with Crippen LogP contribution in [0, 0.1) is 0 Å². The van der Waals surface area contributed by atoms with E-state index in [4.69, 9.17) is 0 Å². The molecule has 0 saturated heterocycles. The summed E-state index contributed by atoms with van der Waals surface area (Å²) >= 11 is 7.87. The van der Waals surface area contributed by atoms with Crippen molar-refractivity contribution in [2.24, 2.45) is 0 Å². The van der Waals surface area contributed by atoms with Crippen LogP contribution in [0.2, 0.25) is 0 Å². The van der Waals surface area contributed by atoms with Crippen LogP contribution in [0.25, 0.3) is 19.5 Å². The molecule has 0 aliphatic rings. The van der Waals surface area contributed by atoms with E-state index < -0.39 is 0 Å². The highest BCUT2D eigenvalue weighted by atomic mass is 32.1. The van der Waals surface area contributed by atoms with Gasteiger partial charge in [0, 0.05) is 29.3 Å². The molecule has 40 heavy (non-hydrogen) atoms. The van der Waals surface area contributed by atoms with E-state index in [1.54, 1.807) is 15.3 Å². The summed E-state index contributed by atoms with van der Waals surface area (Å²) in [5.41, 5.74) is 1.65. The van der Waals surface area contributed by atoms with Gasteiger partial charge >= 0.3 is 0 Å². The average Bonchev–Trinajstić information content (AvgIpc) is 3.79. The summed E-state index contributed by atoms with van der Waals surface area (Å²) in [6.07, 6.45) is 23.2. The van der Waals surface area contributed by atoms with Gasteiger partial charge in [-0.15, -0.1) is 45.3 Å². The molecule has 0 fully saturated rings. The Balaban J connectivity index is 1.20. The van der Waals surface area contributed by atoms with Crippen LogP contribution in [-0.4, -0.2) is 0 Å². The van der Waals surface area contributed by atoms with Crippen molar-refractivity contribution in [3.63, 3.8) is 0 Å². The highest BCUT2D eigenvalue weighted by Crippen LogP contribution is 2.39. The van der Waals surface area contributed by atoms with Crippen LogP contribution in [0.15, 0.2) is 53.2 Å². The normalized spacial score (nSPS) is 12.3. The fraction of sp³-hybridized carbons (Fsp3) is 0.556. The number of hydrogen-bond acceptors (Lipinski definition) is 4. The van der Waals surface area contributed by atoms with E-state index in [0.29, 0.717) is 0 Å². The third kappa shape index (κ3) is 10.3. The van der Waals surface area contributed by atoms with Crippen LogP contribution in [0.5, 0.6) is 0 Å². The molecule has 0 aliphatic carbocycles. The third-order valence-electron chi connectivity index (χ3n) is 8.10. The summed E-state index contributed by atoms with van der Waals surface area (Å²) in [5.74, 6) is 0.743. The van der Waals surface area contributed by atoms with Crippen molar-refractivity contribution in [1.82, 2.24) is 0 Å². The van der Waals surface area contributed by atoms with Gasteiger partial charge in [-0.05, 0) is 91.1 Å². The third-order valence-corrected chi connectivity index (χ3v) is 12.7. The Kier molecular flexibility index (Phi) is 14.6. The predicted molar refractivity (Wildman–Crippen MR) is 186 cm³/mol. The summed E-state index contributed by atoms with van der Waals surface area (Å²) in [4.78, 5) is 9.11. The van der Waals surface area contributed by atoms with Crippen LogP contribution in [-0.2, 0) is 12.8 Å². The van der Waals surface area contributed by atoms with Gasteiger partial charge in [0.1, 0.15) is 0 Å². The van der Waals surface area contributed by atoms with E-state index in [1.807, 2.05) is 34.0 Å². The van der Waals surface area contributed by atoms with E-state index in [9.17, 15) is 0 Å². The Labute approximate surface area is 260 Å². The molecule has 4 aromatic heterocycles. The lowest BCUT2D eigenvalue weighted by atomic mass is 9.94. The van der Waals surface area contributed by atoms with Gasteiger partial charge in [0.05, 0.1) is 0 Å². The van der Waals surface area contributed by atoms with Crippen molar-refractivity contribution in [3.8, 4) is 19.5 Å². The smallest absolute Gasteiger partial charge is 0.0448 e. The lowest BCUT2D eigenvalue weighted by Gasteiger charge is -2.14. The van der Waals surface area contributed by atoms with E-state index >= 15 is 0 Å². The van der Waals surface area contributed by atoms with E-state index in [2.05, 4.69) is 78.4 Å². The second-order valence-electron chi connectivity index (χ2n) is 11.4. The molecule has 0 amide bonds. The zero-order chi connectivity index (χ0) is 27.8. The molecule has 0 bridgehead atoms. The molecule has 4 heteroatoms. The fourth-order valence-electron chi connectivity index (χ4n) is 5.81. The van der Waals surface area contributed by atoms with E-state index in [0.717, 1.165) is 5.92 Å². The summed E-state index contributed by atoms with van der Waals surface area (Å²) in [5, 5.41) is 4.41. The first-order chi connectivity index (χ1) is 19.8. The molecule has 0 radical (unpaired) electrons. The first-order valence-corrected chi connectivity index (χ1v) is 19.5. The highest BCUT2D eigenvalue weighted by Gasteiger charge is 2.15. The predicted octanol–water partition coefficient (Wildman–Crippen LogP) is 14.0. The van der Waals surface area contributed by atoms with Gasteiger partial charge in [0.15, 0.2) is 0 Å². The van der Waals surface area contributed by atoms with E-state index in [1.165, 1.54) is 129 Å². The molecule has 0 saturated carbocycles. The Morgan fingerprint density at radius 2 is 1.20 bits per heavy atom. The minimum absolute atomic E-state index is 0.743. The number of aryl methyl sites for hydroxylation is 2. The molecular formula is C36H50S4. The quantitative estimate of drug-likeness (QED) is 0.0823. The Morgan fingerprint density at radius 1 is 0.550 bits per heavy atom. The largest absolute Gasteiger partial charge is 0.143 e. The van der Waals surface area contributed by atoms with Gasteiger partial charge in [0.25, 0.3) is 0 Å². The Hall–Kier alpha value is -1.20. The van der Waals surface area contributed by atoms with Crippen LogP contribution in [0.4, 0.5) is 0 Å². The van der Waals surface area contributed by atoms with Crippen LogP contribution < -0.4 is 0 Å². The van der Waals surface area contributed by atoms with Crippen LogP contribution in [0.3, 0.4) is 0 Å². The molecule has 4 rings (SSSR count). The summed E-state index contributed by atoms with van der Waals surface area (Å²) in [6, 6.07) is 16.2. The van der Waals surface area contributed by atoms with Crippen molar-refractivity contribution in [2.45, 2.75) is 129 Å². The SMILES string of the molecule is CCCCCCCCCCc1sc(-c2cccs2)cc1CCCCCCC(CCC)c1ccc(-c2cccs2)s1. The molecule has 0 nitrogen and oxygen atoms in total. The van der Waals surface area contributed by atoms with Gasteiger partial charge in [-0.25, -0.2) is 0 Å². The number of unbranched alkanes of at least 4 members (excludes halogenated alkanes) is 10. The Morgan fingerprint density at radius 3 is 1.88 bits per heavy atom. The second-order valence-corrected chi connectivity index (χ2v) is 15.5. The molecule has 1 unspecified atom stereocenters. The average molecular weight is 611 g/mol. The van der Waals surface area contributed by atoms with Crippen molar-refractivity contribution in [3.05, 3.63) is 68.5 Å². The second kappa shape index (κ2) is 18.4. The number of thiophene rings is 4. The molecule has 4 aromatic rings. The standard InChI is InChI=1S/C36H50S4/c1-3-5-6-7-8-9-10-15-21-31-30(28-36(40-31)34-23-17-27-38-34)20-14-12-11-13-19-29(18-4-2)32-24-25-35(39-32)33-22-16-26-37-33/h16-17,22-29H,3-15,18-21H2,1-2H3. The minimum Gasteiger partial charge on any atom is -0.143 e. The van der Waals surface area contributed by atoms with Gasteiger partial charge in [-0.1, -0.05) is 96.6 Å². The summed E-state index contributed by atoms with van der Waals surface area (Å²) in [7, 11) is 0. The lowest BCUT2D eigenvalue weighted by molar-refractivity contribution is 0.522. The molecule has 218 valence electrons. The first-order valence-electron chi connectivity index (χ1n) is 16.1. The van der Waals surface area contributed by atoms with Crippen molar-refractivity contribution >= 4 is 45.3 Å². The van der Waals surface area contributed by atoms with Crippen molar-refractivity contribution in [2.75, 3.05) is 0 Å². The zero-order valence-corrected chi connectivity index (χ0v) is 28.2. The lowest BCUT2D eigenvalue weighted by Crippen LogP contribution is -1.96. The molecule has 0 spiro atoms. The number of hydrogen-bond donors (Lipinski definition) is 0. The first kappa shape index (κ1) is 31.7. The van der Waals surface area contributed by atoms with Crippen molar-refractivity contribution < 1.29 is 0 Å². The Bertz CT molecular complexity index is 1160. The van der Waals surface area contributed by atoms with Crippen LogP contribution >= 0.6 is 45.3 Å².